The smallest absolute Gasteiger partial charge is 0.335 e. The van der Waals surface area contributed by atoms with Crippen molar-refractivity contribution in [2.45, 2.75) is 76.5 Å². The molecule has 3 heterocycles. The summed E-state index contributed by atoms with van der Waals surface area (Å²) >= 11 is 0. The Morgan fingerprint density at radius 1 is 1.00 bits per heavy atom. The fourth-order valence-corrected chi connectivity index (χ4v) is 7.41. The summed E-state index contributed by atoms with van der Waals surface area (Å²) < 4.78 is 8.25. The van der Waals surface area contributed by atoms with Crippen LogP contribution in [0.2, 0.25) is 0 Å². The third kappa shape index (κ3) is 7.94. The molecule has 2 amide bonds. The van der Waals surface area contributed by atoms with Crippen molar-refractivity contribution in [1.29, 1.82) is 0 Å². The number of likely N-dealkylation sites (tertiary alicyclic amines) is 1. The number of hydrogen-bond donors (Lipinski definition) is 3. The number of piperidine rings is 2. The second kappa shape index (κ2) is 15.0. The number of aromatic nitrogens is 4. The highest BCUT2D eigenvalue weighted by molar-refractivity contribution is 6.01. The Morgan fingerprint density at radius 2 is 1.77 bits per heavy atom. The second-order valence-electron chi connectivity index (χ2n) is 13.0. The number of nitrogens with one attached hydrogen (secondary N) is 2. The molecule has 0 radical (unpaired) electrons. The molecule has 12 nitrogen and oxygen atoms in total. The lowest BCUT2D eigenvalue weighted by atomic mass is 9.71. The first-order valence-electron chi connectivity index (χ1n) is 16.7. The van der Waals surface area contributed by atoms with Gasteiger partial charge in [0.1, 0.15) is 12.4 Å². The number of carbonyl (C=O) groups is 3. The van der Waals surface area contributed by atoms with Crippen molar-refractivity contribution >= 4 is 29.5 Å². The summed E-state index contributed by atoms with van der Waals surface area (Å²) in [5.41, 5.74) is 3.15. The van der Waals surface area contributed by atoms with Gasteiger partial charge in [0.25, 0.3) is 0 Å². The SMILES string of the molecule is Cc1ccc(-n2cnnn2)c(/C=C/C(=O)N2C[C@@H](OC3CCNCC3)C[C@@H](C3CCCCC3)[C@H]2C(=O)Nc2ccc(C(=O)O)cc2)c1. The molecule has 3 aromatic rings. The monoisotopic (exact) mass is 641 g/mol. The van der Waals surface area contributed by atoms with Gasteiger partial charge in [0.2, 0.25) is 11.8 Å². The number of tetrazole rings is 1. The van der Waals surface area contributed by atoms with Crippen LogP contribution in [0.15, 0.2) is 54.9 Å². The maximum Gasteiger partial charge on any atom is 0.335 e. The highest BCUT2D eigenvalue weighted by atomic mass is 16.5. The summed E-state index contributed by atoms with van der Waals surface area (Å²) in [6.07, 6.45) is 12.7. The summed E-state index contributed by atoms with van der Waals surface area (Å²) in [5, 5.41) is 27.3. The zero-order valence-corrected chi connectivity index (χ0v) is 26.8. The van der Waals surface area contributed by atoms with Gasteiger partial charge in [0.05, 0.1) is 23.5 Å². The lowest BCUT2D eigenvalue weighted by molar-refractivity contribution is -0.151. The highest BCUT2D eigenvalue weighted by Gasteiger charge is 2.46. The molecule has 1 aromatic heterocycles. The molecule has 0 unspecified atom stereocenters. The van der Waals surface area contributed by atoms with Gasteiger partial charge < -0.3 is 25.4 Å². The van der Waals surface area contributed by atoms with E-state index >= 15 is 0 Å². The first kappa shape index (κ1) is 32.5. The zero-order valence-electron chi connectivity index (χ0n) is 26.8. The molecule has 248 valence electrons. The standard InChI is InChI=1S/C35H43N7O5/c1-23-7-13-31(42-22-37-39-40-42)26(19-23)10-14-32(43)41-21-29(47-28-15-17-36-18-16-28)20-30(24-5-3-2-4-6-24)33(41)34(44)38-27-11-8-25(9-12-27)35(45)46/h7-14,19,22,24,28-30,33,36H,2-6,15-18,20-21H2,1H3,(H,38,44)(H,45,46)/b14-10+/t29-,30-,33-/m0/s1. The minimum atomic E-state index is -1.03. The number of nitrogens with zero attached hydrogens (tertiary/aromatic N) is 5. The van der Waals surface area contributed by atoms with Gasteiger partial charge in [0.15, 0.2) is 0 Å². The molecular formula is C35H43N7O5. The Morgan fingerprint density at radius 3 is 2.47 bits per heavy atom. The van der Waals surface area contributed by atoms with Crippen LogP contribution in [0.25, 0.3) is 11.8 Å². The van der Waals surface area contributed by atoms with Gasteiger partial charge >= 0.3 is 5.97 Å². The third-order valence-electron chi connectivity index (χ3n) is 9.74. The molecule has 47 heavy (non-hydrogen) atoms. The Hall–Kier alpha value is -4.42. The van der Waals surface area contributed by atoms with Crippen molar-refractivity contribution < 1.29 is 24.2 Å². The molecule has 3 aliphatic rings. The Kier molecular flexibility index (Phi) is 10.4. The first-order chi connectivity index (χ1) is 22.9. The third-order valence-corrected chi connectivity index (χ3v) is 9.74. The molecule has 12 heteroatoms. The van der Waals surface area contributed by atoms with Crippen molar-refractivity contribution in [3.8, 4) is 5.69 Å². The molecule has 0 bridgehead atoms. The molecule has 1 saturated carbocycles. The van der Waals surface area contributed by atoms with Crippen LogP contribution in [0, 0.1) is 18.8 Å². The Balaban J connectivity index is 1.32. The Bertz CT molecular complexity index is 1560. The molecule has 2 aromatic carbocycles. The quantitative estimate of drug-likeness (QED) is 0.291. The predicted octanol–water partition coefficient (Wildman–Crippen LogP) is 4.26. The molecule has 3 N–H and O–H groups in total. The fraction of sp³-hybridized carbons (Fsp3) is 0.486. The van der Waals surface area contributed by atoms with E-state index < -0.39 is 12.0 Å². The minimum absolute atomic E-state index is 0.0813. The average Bonchev–Trinajstić information content (AvgIpc) is 3.63. The van der Waals surface area contributed by atoms with E-state index in [9.17, 15) is 19.5 Å². The number of hydrogen-bond acceptors (Lipinski definition) is 8. The number of benzene rings is 2. The normalized spacial score (nSPS) is 22.7. The van der Waals surface area contributed by atoms with Crippen LogP contribution >= 0.6 is 0 Å². The van der Waals surface area contributed by atoms with Crippen LogP contribution in [0.3, 0.4) is 0 Å². The lowest BCUT2D eigenvalue weighted by Gasteiger charge is -2.47. The maximum atomic E-state index is 14.3. The van der Waals surface area contributed by atoms with E-state index in [0.29, 0.717) is 18.7 Å². The number of amides is 2. The van der Waals surface area contributed by atoms with Crippen LogP contribution in [0.5, 0.6) is 0 Å². The van der Waals surface area contributed by atoms with E-state index in [-0.39, 0.29) is 41.4 Å². The Labute approximate surface area is 274 Å². The van der Waals surface area contributed by atoms with Crippen LogP contribution in [-0.2, 0) is 14.3 Å². The molecule has 0 spiro atoms. The lowest BCUT2D eigenvalue weighted by Crippen LogP contribution is -2.60. The van der Waals surface area contributed by atoms with Crippen LogP contribution in [0.4, 0.5) is 5.69 Å². The first-order valence-corrected chi connectivity index (χ1v) is 16.7. The minimum Gasteiger partial charge on any atom is -0.478 e. The summed E-state index contributed by atoms with van der Waals surface area (Å²) in [6.45, 7) is 4.09. The van der Waals surface area contributed by atoms with Crippen LogP contribution in [-0.4, -0.2) is 85.9 Å². The molecule has 3 fully saturated rings. The van der Waals surface area contributed by atoms with Crippen molar-refractivity contribution in [3.05, 3.63) is 71.6 Å². The van der Waals surface area contributed by atoms with Gasteiger partial charge in [-0.2, -0.15) is 4.68 Å². The molecular weight excluding hydrogens is 598 g/mol. The van der Waals surface area contributed by atoms with E-state index in [0.717, 1.165) is 68.4 Å². The zero-order chi connectivity index (χ0) is 32.8. The molecule has 1 aliphatic carbocycles. The highest BCUT2D eigenvalue weighted by Crippen LogP contribution is 2.40. The van der Waals surface area contributed by atoms with E-state index in [2.05, 4.69) is 26.2 Å². The van der Waals surface area contributed by atoms with E-state index in [4.69, 9.17) is 4.74 Å². The summed E-state index contributed by atoms with van der Waals surface area (Å²) in [5.74, 6) is -1.36. The molecule has 3 atom stereocenters. The summed E-state index contributed by atoms with van der Waals surface area (Å²) in [4.78, 5) is 41.7. The largest absolute Gasteiger partial charge is 0.478 e. The second-order valence-corrected chi connectivity index (χ2v) is 13.0. The fourth-order valence-electron chi connectivity index (χ4n) is 7.41. The van der Waals surface area contributed by atoms with Gasteiger partial charge in [-0.05, 0) is 104 Å². The van der Waals surface area contributed by atoms with Gasteiger partial charge in [-0.3, -0.25) is 9.59 Å². The van der Waals surface area contributed by atoms with E-state index in [1.807, 2.05) is 25.1 Å². The number of carboxylic acids is 1. The number of carbonyl (C=O) groups excluding carboxylic acids is 2. The van der Waals surface area contributed by atoms with Gasteiger partial charge in [0, 0.05) is 23.9 Å². The van der Waals surface area contributed by atoms with Gasteiger partial charge in [-0.15, -0.1) is 5.10 Å². The van der Waals surface area contributed by atoms with Crippen molar-refractivity contribution in [3.63, 3.8) is 0 Å². The summed E-state index contributed by atoms with van der Waals surface area (Å²) in [6, 6.07) is 11.2. The number of anilines is 1. The molecule has 2 saturated heterocycles. The number of carboxylic acid groups (broad SMARTS) is 1. The van der Waals surface area contributed by atoms with Crippen molar-refractivity contribution in [1.82, 2.24) is 30.4 Å². The van der Waals surface area contributed by atoms with E-state index in [1.54, 1.807) is 27.8 Å². The van der Waals surface area contributed by atoms with Gasteiger partial charge in [-0.1, -0.05) is 43.7 Å². The van der Waals surface area contributed by atoms with E-state index in [1.165, 1.54) is 31.0 Å². The van der Waals surface area contributed by atoms with Crippen molar-refractivity contribution in [2.24, 2.45) is 11.8 Å². The van der Waals surface area contributed by atoms with Crippen LogP contribution in [0.1, 0.15) is 72.9 Å². The number of ether oxygens (including phenoxy) is 1. The maximum absolute atomic E-state index is 14.3. The summed E-state index contributed by atoms with van der Waals surface area (Å²) in [7, 11) is 0. The van der Waals surface area contributed by atoms with Gasteiger partial charge in [-0.25, -0.2) is 4.79 Å². The van der Waals surface area contributed by atoms with Crippen LogP contribution < -0.4 is 10.6 Å². The molecule has 6 rings (SSSR count). The topological polar surface area (TPSA) is 152 Å². The number of aryl methyl sites for hydroxylation is 1. The molecule has 2 aliphatic heterocycles. The number of rotatable bonds is 9. The van der Waals surface area contributed by atoms with Crippen molar-refractivity contribution in [2.75, 3.05) is 25.0 Å². The number of aromatic carboxylic acids is 1. The average molecular weight is 642 g/mol. The predicted molar refractivity (Wildman–Crippen MR) is 176 cm³/mol.